The first kappa shape index (κ1) is 29.2. The van der Waals surface area contributed by atoms with Gasteiger partial charge in [0.1, 0.15) is 0 Å². The highest BCUT2D eigenvalue weighted by Crippen LogP contribution is 2.41. The Balaban J connectivity index is 2.17. The van der Waals surface area contributed by atoms with Crippen molar-refractivity contribution in [3.8, 4) is 0 Å². The molecule has 16 heteroatoms. The van der Waals surface area contributed by atoms with Crippen molar-refractivity contribution in [2.24, 2.45) is 0 Å². The van der Waals surface area contributed by atoms with Crippen LogP contribution in [0.1, 0.15) is 27.0 Å². The van der Waals surface area contributed by atoms with Crippen LogP contribution in [-0.2, 0) is 28.6 Å². The molecule has 0 radical (unpaired) electrons. The molecule has 3 rings (SSSR count). The zero-order chi connectivity index (χ0) is 28.7. The van der Waals surface area contributed by atoms with Gasteiger partial charge in [-0.25, -0.2) is 13.2 Å². The molecule has 0 amide bonds. The van der Waals surface area contributed by atoms with Crippen LogP contribution in [0, 0.1) is 0 Å². The van der Waals surface area contributed by atoms with Crippen molar-refractivity contribution in [3.63, 3.8) is 0 Å². The van der Waals surface area contributed by atoms with Gasteiger partial charge in [-0.05, 0) is 48.5 Å². The molecule has 0 aromatic heterocycles. The molecule has 0 aliphatic rings. The number of anilines is 1. The minimum atomic E-state index is -5.39. The molecule has 0 aliphatic carbocycles. The maximum atomic E-state index is 13.3. The molecule has 0 aliphatic heterocycles. The largest absolute Gasteiger partial charge is 0.478 e. The van der Waals surface area contributed by atoms with Crippen molar-refractivity contribution >= 4 is 33.4 Å². The topological polar surface area (TPSA) is 83.5 Å². The minimum Gasteiger partial charge on any atom is -0.478 e. The molecule has 5 nitrogen and oxygen atoms in total. The van der Waals surface area contributed by atoms with Gasteiger partial charge in [0.25, 0.3) is 10.0 Å². The lowest BCUT2D eigenvalue weighted by atomic mass is 10.1. The predicted octanol–water partition coefficient (Wildman–Crippen LogP) is 7.39. The molecule has 0 spiro atoms. The maximum Gasteiger partial charge on any atom is 0.416 e. The molecule has 38 heavy (non-hydrogen) atoms. The second kappa shape index (κ2) is 10.1. The van der Waals surface area contributed by atoms with Gasteiger partial charge in [0, 0.05) is 9.79 Å². The quantitative estimate of drug-likeness (QED) is 0.293. The van der Waals surface area contributed by atoms with Crippen molar-refractivity contribution in [2.45, 2.75) is 33.2 Å². The Bertz CT molecular complexity index is 1450. The van der Waals surface area contributed by atoms with E-state index in [0.717, 1.165) is 12.1 Å². The van der Waals surface area contributed by atoms with Crippen molar-refractivity contribution < 1.29 is 57.8 Å². The standard InChI is InChI=1S/C22H12F9NO4S2/c23-20(24,25)11-5-6-18(37-17-4-2-1-3-15(17)19(33)34)16(10-11)32-38(35,36)14-8-12(21(26,27)28)7-13(9-14)22(29,30)31/h1-10,32H,(H,33,34). The summed E-state index contributed by atoms with van der Waals surface area (Å²) in [5.74, 6) is -1.43. The third kappa shape index (κ3) is 6.72. The van der Waals surface area contributed by atoms with Crippen molar-refractivity contribution in [1.82, 2.24) is 0 Å². The summed E-state index contributed by atoms with van der Waals surface area (Å²) in [4.78, 5) is 9.59. The number of carboxylic acid groups (broad SMARTS) is 1. The van der Waals surface area contributed by atoms with E-state index in [4.69, 9.17) is 0 Å². The molecule has 0 saturated heterocycles. The molecule has 0 fully saturated rings. The van der Waals surface area contributed by atoms with E-state index in [9.17, 15) is 57.8 Å². The number of halogens is 9. The highest BCUT2D eigenvalue weighted by molar-refractivity contribution is 7.99. The fourth-order valence-electron chi connectivity index (χ4n) is 3.01. The summed E-state index contributed by atoms with van der Waals surface area (Å²) in [6.45, 7) is 0. The number of nitrogens with one attached hydrogen (secondary N) is 1. The number of rotatable bonds is 6. The van der Waals surface area contributed by atoms with E-state index in [1.54, 1.807) is 4.72 Å². The molecule has 0 saturated carbocycles. The lowest BCUT2D eigenvalue weighted by Gasteiger charge is -2.18. The first-order chi connectivity index (χ1) is 17.3. The Morgan fingerprint density at radius 1 is 0.711 bits per heavy atom. The molecule has 204 valence electrons. The zero-order valence-corrected chi connectivity index (χ0v) is 19.8. The Kier molecular flexibility index (Phi) is 7.71. The molecular weight excluding hydrogens is 577 g/mol. The number of benzene rings is 3. The van der Waals surface area contributed by atoms with E-state index in [1.165, 1.54) is 18.2 Å². The molecule has 0 heterocycles. The lowest BCUT2D eigenvalue weighted by molar-refractivity contribution is -0.143. The third-order valence-corrected chi connectivity index (χ3v) is 7.26. The van der Waals surface area contributed by atoms with Crippen molar-refractivity contribution in [3.05, 3.63) is 82.9 Å². The highest BCUT2D eigenvalue weighted by atomic mass is 32.2. The summed E-state index contributed by atoms with van der Waals surface area (Å²) in [6.07, 6.45) is -15.8. The summed E-state index contributed by atoms with van der Waals surface area (Å²) >= 11 is 0.504. The van der Waals surface area contributed by atoms with Gasteiger partial charge in [-0.2, -0.15) is 39.5 Å². The number of hydrogen-bond acceptors (Lipinski definition) is 4. The van der Waals surface area contributed by atoms with E-state index in [0.29, 0.717) is 17.8 Å². The van der Waals surface area contributed by atoms with Crippen LogP contribution in [0.4, 0.5) is 45.2 Å². The van der Waals surface area contributed by atoms with Crippen LogP contribution in [0.3, 0.4) is 0 Å². The van der Waals surface area contributed by atoms with Gasteiger partial charge >= 0.3 is 24.5 Å². The highest BCUT2D eigenvalue weighted by Gasteiger charge is 2.38. The van der Waals surface area contributed by atoms with Gasteiger partial charge in [0.2, 0.25) is 0 Å². The van der Waals surface area contributed by atoms with Crippen LogP contribution in [0.5, 0.6) is 0 Å². The lowest BCUT2D eigenvalue weighted by Crippen LogP contribution is -2.18. The Labute approximate surface area is 212 Å². The van der Waals surface area contributed by atoms with Crippen molar-refractivity contribution in [2.75, 3.05) is 4.72 Å². The van der Waals surface area contributed by atoms with E-state index in [-0.39, 0.29) is 39.6 Å². The average molecular weight is 589 g/mol. The maximum absolute atomic E-state index is 13.3. The van der Waals surface area contributed by atoms with E-state index in [2.05, 4.69) is 0 Å². The molecule has 0 unspecified atom stereocenters. The second-order valence-corrected chi connectivity index (χ2v) is 10.2. The van der Waals surface area contributed by atoms with Gasteiger partial charge in [-0.15, -0.1) is 0 Å². The number of carbonyl (C=O) groups is 1. The molecule has 3 aromatic carbocycles. The van der Waals surface area contributed by atoms with Gasteiger partial charge in [0.05, 0.1) is 32.8 Å². The Hall–Kier alpha value is -3.40. The van der Waals surface area contributed by atoms with E-state index in [1.807, 2.05) is 0 Å². The number of alkyl halides is 9. The van der Waals surface area contributed by atoms with Crippen LogP contribution in [0.2, 0.25) is 0 Å². The summed E-state index contributed by atoms with van der Waals surface area (Å²) in [6, 6.07) is 6.21. The fourth-order valence-corrected chi connectivity index (χ4v) is 5.22. The zero-order valence-electron chi connectivity index (χ0n) is 18.2. The van der Waals surface area contributed by atoms with Gasteiger partial charge in [0.15, 0.2) is 0 Å². The van der Waals surface area contributed by atoms with Gasteiger partial charge < -0.3 is 5.11 Å². The van der Waals surface area contributed by atoms with Gasteiger partial charge in [-0.3, -0.25) is 4.72 Å². The SMILES string of the molecule is O=C(O)c1ccccc1Sc1ccc(C(F)(F)F)cc1NS(=O)(=O)c1cc(C(F)(F)F)cc(C(F)(F)F)c1. The predicted molar refractivity (Wildman–Crippen MR) is 116 cm³/mol. The minimum absolute atomic E-state index is 0.0429. The van der Waals surface area contributed by atoms with Crippen LogP contribution >= 0.6 is 11.8 Å². The number of hydrogen-bond donors (Lipinski definition) is 2. The first-order valence-corrected chi connectivity index (χ1v) is 12.1. The molecule has 0 bridgehead atoms. The number of sulfonamides is 1. The summed E-state index contributed by atoms with van der Waals surface area (Å²) in [7, 11) is -5.33. The smallest absolute Gasteiger partial charge is 0.416 e. The van der Waals surface area contributed by atoms with Crippen LogP contribution in [0.25, 0.3) is 0 Å². The Morgan fingerprint density at radius 2 is 1.24 bits per heavy atom. The molecule has 0 atom stereocenters. The second-order valence-electron chi connectivity index (χ2n) is 7.46. The third-order valence-electron chi connectivity index (χ3n) is 4.76. The molecular formula is C22H12F9NO4S2. The average Bonchev–Trinajstić information content (AvgIpc) is 2.78. The monoisotopic (exact) mass is 589 g/mol. The molecule has 2 N–H and O–H groups in total. The fraction of sp³-hybridized carbons (Fsp3) is 0.136. The summed E-state index contributed by atoms with van der Waals surface area (Å²) < 4.78 is 146. The first-order valence-electron chi connectivity index (χ1n) is 9.83. The summed E-state index contributed by atoms with van der Waals surface area (Å²) in [5.41, 5.74) is -6.48. The number of carboxylic acids is 1. The van der Waals surface area contributed by atoms with E-state index >= 15 is 0 Å². The Morgan fingerprint density at radius 3 is 1.74 bits per heavy atom. The van der Waals surface area contributed by atoms with E-state index < -0.39 is 61.8 Å². The van der Waals surface area contributed by atoms with Crippen LogP contribution in [-0.4, -0.2) is 19.5 Å². The normalized spacial score (nSPS) is 12.9. The van der Waals surface area contributed by atoms with Crippen molar-refractivity contribution in [1.29, 1.82) is 0 Å². The van der Waals surface area contributed by atoms with Crippen LogP contribution in [0.15, 0.2) is 75.4 Å². The summed E-state index contributed by atoms with van der Waals surface area (Å²) in [5, 5.41) is 9.32. The molecule has 3 aromatic rings. The van der Waals surface area contributed by atoms with Gasteiger partial charge in [-0.1, -0.05) is 23.9 Å². The van der Waals surface area contributed by atoms with Crippen LogP contribution < -0.4 is 4.72 Å². The number of aromatic carboxylic acids is 1.